The maximum absolute atomic E-state index is 11.4. The topological polar surface area (TPSA) is 59.1 Å². The van der Waals surface area contributed by atoms with E-state index in [1.54, 1.807) is 13.1 Å². The molecule has 1 N–H and O–H groups in total. The highest BCUT2D eigenvalue weighted by Crippen LogP contribution is 2.03. The van der Waals surface area contributed by atoms with E-state index < -0.39 is 9.84 Å². The van der Waals surface area contributed by atoms with Crippen molar-refractivity contribution in [2.75, 3.05) is 11.5 Å². The van der Waals surface area contributed by atoms with Gasteiger partial charge in [0.25, 0.3) is 0 Å². The Morgan fingerprint density at radius 2 is 2.18 bits per heavy atom. The van der Waals surface area contributed by atoms with Gasteiger partial charge in [-0.1, -0.05) is 13.0 Å². The zero-order valence-corrected chi connectivity index (χ0v) is 11.4. The molecule has 0 aliphatic carbocycles. The van der Waals surface area contributed by atoms with E-state index in [1.807, 2.05) is 26.0 Å². The van der Waals surface area contributed by atoms with Gasteiger partial charge < -0.3 is 5.32 Å². The second-order valence-corrected chi connectivity index (χ2v) is 6.65. The Labute approximate surface area is 103 Å². The van der Waals surface area contributed by atoms with Crippen molar-refractivity contribution in [3.05, 3.63) is 29.6 Å². The zero-order valence-electron chi connectivity index (χ0n) is 10.6. The van der Waals surface area contributed by atoms with E-state index >= 15 is 0 Å². The fourth-order valence-corrected chi connectivity index (χ4v) is 2.65. The van der Waals surface area contributed by atoms with Gasteiger partial charge in [0.15, 0.2) is 9.84 Å². The normalized spacial score (nSPS) is 13.6. The van der Waals surface area contributed by atoms with Gasteiger partial charge in [0.2, 0.25) is 0 Å². The second kappa shape index (κ2) is 6.12. The van der Waals surface area contributed by atoms with Crippen LogP contribution in [0.2, 0.25) is 0 Å². The Kier molecular flexibility index (Phi) is 5.08. The number of rotatable bonds is 6. The quantitative estimate of drug-likeness (QED) is 0.833. The summed E-state index contributed by atoms with van der Waals surface area (Å²) in [4.78, 5) is 4.25. The van der Waals surface area contributed by atoms with Crippen LogP contribution >= 0.6 is 0 Å². The molecule has 4 nitrogen and oxygen atoms in total. The molecule has 0 radical (unpaired) electrons. The monoisotopic (exact) mass is 256 g/mol. The molecule has 1 rings (SSSR count). The minimum absolute atomic E-state index is 0.0543. The van der Waals surface area contributed by atoms with Crippen LogP contribution in [0, 0.1) is 6.92 Å². The number of sulfone groups is 1. The number of pyridine rings is 1. The van der Waals surface area contributed by atoms with E-state index in [2.05, 4.69) is 10.3 Å². The van der Waals surface area contributed by atoms with Crippen LogP contribution in [0.1, 0.15) is 25.1 Å². The van der Waals surface area contributed by atoms with Gasteiger partial charge in [0.1, 0.15) is 0 Å². The van der Waals surface area contributed by atoms with E-state index in [-0.39, 0.29) is 17.5 Å². The average Bonchev–Trinajstić information content (AvgIpc) is 2.27. The van der Waals surface area contributed by atoms with Gasteiger partial charge in [-0.2, -0.15) is 0 Å². The van der Waals surface area contributed by atoms with Crippen molar-refractivity contribution < 1.29 is 8.42 Å². The molecule has 1 aromatic heterocycles. The summed E-state index contributed by atoms with van der Waals surface area (Å²) >= 11 is 0. The summed E-state index contributed by atoms with van der Waals surface area (Å²) in [6.07, 6.45) is 1.75. The van der Waals surface area contributed by atoms with Crippen molar-refractivity contribution >= 4 is 9.84 Å². The summed E-state index contributed by atoms with van der Waals surface area (Å²) < 4.78 is 22.9. The van der Waals surface area contributed by atoms with Crippen molar-refractivity contribution in [3.63, 3.8) is 0 Å². The molecule has 1 unspecified atom stereocenters. The fourth-order valence-electron chi connectivity index (χ4n) is 1.53. The van der Waals surface area contributed by atoms with Crippen LogP contribution in [-0.2, 0) is 16.4 Å². The molecule has 96 valence electrons. The fraction of sp³-hybridized carbons (Fsp3) is 0.583. The molecule has 0 aliphatic heterocycles. The van der Waals surface area contributed by atoms with Crippen molar-refractivity contribution in [1.29, 1.82) is 0 Å². The van der Waals surface area contributed by atoms with Gasteiger partial charge in [0.05, 0.1) is 11.4 Å². The van der Waals surface area contributed by atoms with Gasteiger partial charge in [-0.3, -0.25) is 4.98 Å². The summed E-state index contributed by atoms with van der Waals surface area (Å²) in [6.45, 7) is 6.15. The Hall–Kier alpha value is -0.940. The average molecular weight is 256 g/mol. The Balaban J connectivity index is 2.49. The standard InChI is InChI=1S/C12H20N2O2S/c1-4-17(15,16)9-11(3)14-8-12-10(2)6-5-7-13-12/h5-7,11,14H,4,8-9H2,1-3H3. The highest BCUT2D eigenvalue weighted by Gasteiger charge is 2.13. The molecule has 5 heteroatoms. The maximum atomic E-state index is 11.4. The number of nitrogens with one attached hydrogen (secondary N) is 1. The first-order chi connectivity index (χ1) is 7.94. The van der Waals surface area contributed by atoms with Crippen molar-refractivity contribution in [2.24, 2.45) is 0 Å². The molecular weight excluding hydrogens is 236 g/mol. The molecule has 0 bridgehead atoms. The molecule has 0 fully saturated rings. The smallest absolute Gasteiger partial charge is 0.151 e. The lowest BCUT2D eigenvalue weighted by Crippen LogP contribution is -2.33. The van der Waals surface area contributed by atoms with E-state index in [0.29, 0.717) is 6.54 Å². The highest BCUT2D eigenvalue weighted by atomic mass is 32.2. The van der Waals surface area contributed by atoms with Gasteiger partial charge >= 0.3 is 0 Å². The third kappa shape index (κ3) is 4.83. The van der Waals surface area contributed by atoms with Crippen LogP contribution < -0.4 is 5.32 Å². The van der Waals surface area contributed by atoms with Gasteiger partial charge in [0, 0.05) is 24.5 Å². The minimum atomic E-state index is -2.92. The SMILES string of the molecule is CCS(=O)(=O)CC(C)NCc1ncccc1C. The molecule has 0 aromatic carbocycles. The molecule has 1 aromatic rings. The van der Waals surface area contributed by atoms with E-state index in [4.69, 9.17) is 0 Å². The molecule has 17 heavy (non-hydrogen) atoms. The Bertz CT molecular complexity index is 457. The highest BCUT2D eigenvalue weighted by molar-refractivity contribution is 7.91. The molecule has 1 heterocycles. The number of hydrogen-bond donors (Lipinski definition) is 1. The van der Waals surface area contributed by atoms with Crippen LogP contribution in [-0.4, -0.2) is 30.9 Å². The predicted molar refractivity (Wildman–Crippen MR) is 69.6 cm³/mol. The number of aromatic nitrogens is 1. The Morgan fingerprint density at radius 3 is 2.76 bits per heavy atom. The number of nitrogens with zero attached hydrogens (tertiary/aromatic N) is 1. The molecule has 0 saturated heterocycles. The molecule has 0 saturated carbocycles. The van der Waals surface area contributed by atoms with Gasteiger partial charge in [-0.15, -0.1) is 0 Å². The summed E-state index contributed by atoms with van der Waals surface area (Å²) in [5.74, 6) is 0.372. The summed E-state index contributed by atoms with van der Waals surface area (Å²) in [7, 11) is -2.92. The van der Waals surface area contributed by atoms with Gasteiger partial charge in [-0.25, -0.2) is 8.42 Å². The number of aryl methyl sites for hydroxylation is 1. The van der Waals surface area contributed by atoms with Crippen LogP contribution in [0.15, 0.2) is 18.3 Å². The van der Waals surface area contributed by atoms with Crippen LogP contribution in [0.5, 0.6) is 0 Å². The summed E-state index contributed by atoms with van der Waals surface area (Å²) in [5.41, 5.74) is 2.08. The Morgan fingerprint density at radius 1 is 1.47 bits per heavy atom. The van der Waals surface area contributed by atoms with Gasteiger partial charge in [-0.05, 0) is 25.5 Å². The first kappa shape index (κ1) is 14.1. The van der Waals surface area contributed by atoms with Crippen molar-refractivity contribution in [1.82, 2.24) is 10.3 Å². The van der Waals surface area contributed by atoms with E-state index in [0.717, 1.165) is 11.3 Å². The molecule has 0 amide bonds. The van der Waals surface area contributed by atoms with E-state index in [9.17, 15) is 8.42 Å². The first-order valence-electron chi connectivity index (χ1n) is 5.79. The summed E-state index contributed by atoms with van der Waals surface area (Å²) in [5, 5.41) is 3.19. The van der Waals surface area contributed by atoms with Crippen LogP contribution in [0.25, 0.3) is 0 Å². The largest absolute Gasteiger partial charge is 0.308 e. The zero-order chi connectivity index (χ0) is 12.9. The predicted octanol–water partition coefficient (Wildman–Crippen LogP) is 1.30. The molecule has 0 spiro atoms. The lowest BCUT2D eigenvalue weighted by molar-refractivity contribution is 0.553. The minimum Gasteiger partial charge on any atom is -0.308 e. The lowest BCUT2D eigenvalue weighted by atomic mass is 10.2. The van der Waals surface area contributed by atoms with E-state index in [1.165, 1.54) is 0 Å². The first-order valence-corrected chi connectivity index (χ1v) is 7.61. The second-order valence-electron chi connectivity index (χ2n) is 4.25. The van der Waals surface area contributed by atoms with Crippen LogP contribution in [0.3, 0.4) is 0 Å². The third-order valence-electron chi connectivity index (χ3n) is 2.68. The molecule has 0 aliphatic rings. The van der Waals surface area contributed by atoms with Crippen molar-refractivity contribution in [3.8, 4) is 0 Å². The lowest BCUT2D eigenvalue weighted by Gasteiger charge is -2.14. The number of hydrogen-bond acceptors (Lipinski definition) is 4. The van der Waals surface area contributed by atoms with Crippen molar-refractivity contribution in [2.45, 2.75) is 33.4 Å². The third-order valence-corrected chi connectivity index (χ3v) is 4.57. The molecule has 1 atom stereocenters. The maximum Gasteiger partial charge on any atom is 0.151 e. The summed E-state index contributed by atoms with van der Waals surface area (Å²) in [6, 6.07) is 3.84. The molecular formula is C12H20N2O2S. The van der Waals surface area contributed by atoms with Crippen LogP contribution in [0.4, 0.5) is 0 Å².